The highest BCUT2D eigenvalue weighted by molar-refractivity contribution is 6.11. The molecule has 0 aliphatic rings. The lowest BCUT2D eigenvalue weighted by Gasteiger charge is -2.11. The first-order valence-electron chi connectivity index (χ1n) is 9.60. The molecule has 0 saturated heterocycles. The molecule has 0 radical (unpaired) electrons. The number of carbonyl (C=O) groups is 1. The van der Waals surface area contributed by atoms with Crippen molar-refractivity contribution >= 4 is 22.6 Å². The molecule has 33 heavy (non-hydrogen) atoms. The van der Waals surface area contributed by atoms with Crippen LogP contribution in [0.25, 0.3) is 11.0 Å². The van der Waals surface area contributed by atoms with Crippen LogP contribution in [0, 0.1) is 5.82 Å². The molecule has 4 rings (SSSR count). The van der Waals surface area contributed by atoms with Gasteiger partial charge >= 0.3 is 11.9 Å². The van der Waals surface area contributed by atoms with E-state index in [1.54, 1.807) is 30.3 Å². The van der Waals surface area contributed by atoms with Crippen molar-refractivity contribution in [2.24, 2.45) is 7.05 Å². The maximum atomic E-state index is 13.5. The number of hydrogen-bond donors (Lipinski definition) is 2. The largest absolute Gasteiger partial charge is 0.419 e. The van der Waals surface area contributed by atoms with Crippen LogP contribution in [0.2, 0.25) is 0 Å². The topological polar surface area (TPSA) is 88.9 Å². The maximum Gasteiger partial charge on any atom is 0.419 e. The molecular formula is C22H16F4N4O3. The Balaban J connectivity index is 1.73. The van der Waals surface area contributed by atoms with E-state index in [0.29, 0.717) is 17.7 Å². The molecule has 11 heteroatoms. The van der Waals surface area contributed by atoms with Crippen molar-refractivity contribution in [1.29, 1.82) is 0 Å². The van der Waals surface area contributed by atoms with Crippen LogP contribution < -0.4 is 16.6 Å². The third-order valence-corrected chi connectivity index (χ3v) is 5.06. The van der Waals surface area contributed by atoms with Gasteiger partial charge in [-0.3, -0.25) is 14.2 Å². The Morgan fingerprint density at radius 3 is 2.45 bits per heavy atom. The molecule has 0 fully saturated rings. The molecule has 0 aliphatic carbocycles. The average Bonchev–Trinajstić information content (AvgIpc) is 3.08. The fourth-order valence-corrected chi connectivity index (χ4v) is 3.51. The number of nitrogens with zero attached hydrogens (tertiary/aromatic N) is 2. The Bertz CT molecular complexity index is 1480. The van der Waals surface area contributed by atoms with E-state index in [1.807, 2.05) is 0 Å². The van der Waals surface area contributed by atoms with E-state index in [4.69, 9.17) is 0 Å². The molecule has 2 aromatic carbocycles. The van der Waals surface area contributed by atoms with Crippen molar-refractivity contribution in [1.82, 2.24) is 14.1 Å². The number of hydrogen-bond acceptors (Lipinski definition) is 3. The number of amides is 1. The van der Waals surface area contributed by atoms with Gasteiger partial charge in [0, 0.05) is 18.9 Å². The summed E-state index contributed by atoms with van der Waals surface area (Å²) in [6, 6.07) is 10.8. The molecule has 0 saturated carbocycles. The van der Waals surface area contributed by atoms with Gasteiger partial charge in [-0.05, 0) is 23.8 Å². The van der Waals surface area contributed by atoms with Crippen molar-refractivity contribution in [3.05, 3.63) is 98.1 Å². The van der Waals surface area contributed by atoms with Crippen LogP contribution in [0.1, 0.15) is 21.5 Å². The highest BCUT2D eigenvalue weighted by Crippen LogP contribution is 2.33. The maximum absolute atomic E-state index is 13.5. The van der Waals surface area contributed by atoms with Crippen LogP contribution in [0.15, 0.2) is 64.3 Å². The SMILES string of the molecule is Cn1cc(C(=O)Nc2ccc(F)c(C(F)(F)F)c2)c2[nH]c(=O)n(Cc3ccccc3)c(=O)c21. The number of nitrogens with one attached hydrogen (secondary N) is 2. The Morgan fingerprint density at radius 1 is 1.09 bits per heavy atom. The monoisotopic (exact) mass is 460 g/mol. The molecule has 2 aromatic heterocycles. The first-order chi connectivity index (χ1) is 15.6. The van der Waals surface area contributed by atoms with Gasteiger partial charge in [0.05, 0.1) is 23.2 Å². The molecule has 0 bridgehead atoms. The van der Waals surface area contributed by atoms with Crippen LogP contribution in [-0.2, 0) is 19.8 Å². The molecule has 0 atom stereocenters. The van der Waals surface area contributed by atoms with Gasteiger partial charge in [0.25, 0.3) is 11.5 Å². The summed E-state index contributed by atoms with van der Waals surface area (Å²) in [5.74, 6) is -2.36. The first kappa shape index (κ1) is 22.1. The fourth-order valence-electron chi connectivity index (χ4n) is 3.51. The van der Waals surface area contributed by atoms with E-state index in [-0.39, 0.29) is 28.8 Å². The van der Waals surface area contributed by atoms with Crippen molar-refractivity contribution in [3.63, 3.8) is 0 Å². The van der Waals surface area contributed by atoms with E-state index in [9.17, 15) is 31.9 Å². The molecule has 0 aliphatic heterocycles. The van der Waals surface area contributed by atoms with Crippen molar-refractivity contribution < 1.29 is 22.4 Å². The van der Waals surface area contributed by atoms with Crippen molar-refractivity contribution in [2.75, 3.05) is 5.32 Å². The van der Waals surface area contributed by atoms with E-state index < -0.39 is 34.7 Å². The highest BCUT2D eigenvalue weighted by Gasteiger charge is 2.34. The van der Waals surface area contributed by atoms with Crippen molar-refractivity contribution in [3.8, 4) is 0 Å². The lowest BCUT2D eigenvalue weighted by atomic mass is 10.1. The third-order valence-electron chi connectivity index (χ3n) is 5.06. The summed E-state index contributed by atoms with van der Waals surface area (Å²) in [6.45, 7) is 0.00740. The molecule has 2 N–H and O–H groups in total. The summed E-state index contributed by atoms with van der Waals surface area (Å²) in [6.07, 6.45) is -3.67. The molecule has 170 valence electrons. The Morgan fingerprint density at radius 2 is 1.79 bits per heavy atom. The Kier molecular flexibility index (Phi) is 5.40. The molecule has 0 unspecified atom stereocenters. The molecule has 2 heterocycles. The Labute approximate surface area is 182 Å². The minimum atomic E-state index is -4.95. The van der Waals surface area contributed by atoms with Gasteiger partial charge in [-0.1, -0.05) is 30.3 Å². The zero-order valence-electron chi connectivity index (χ0n) is 17.0. The highest BCUT2D eigenvalue weighted by atomic mass is 19.4. The number of carbonyl (C=O) groups excluding carboxylic acids is 1. The van der Waals surface area contributed by atoms with Gasteiger partial charge in [-0.25, -0.2) is 9.18 Å². The minimum absolute atomic E-state index is 0.00740. The van der Waals surface area contributed by atoms with Gasteiger partial charge in [0.1, 0.15) is 11.3 Å². The average molecular weight is 460 g/mol. The van der Waals surface area contributed by atoms with E-state index in [1.165, 1.54) is 17.8 Å². The molecule has 4 aromatic rings. The van der Waals surface area contributed by atoms with Crippen molar-refractivity contribution in [2.45, 2.75) is 12.7 Å². The fraction of sp³-hybridized carbons (Fsp3) is 0.136. The van der Waals surface area contributed by atoms with Crippen LogP contribution in [0.4, 0.5) is 23.2 Å². The third kappa shape index (κ3) is 4.16. The number of aryl methyl sites for hydroxylation is 1. The predicted octanol–water partition coefficient (Wildman–Crippen LogP) is 3.49. The number of aromatic nitrogens is 3. The summed E-state index contributed by atoms with van der Waals surface area (Å²) in [5, 5.41) is 2.25. The number of fused-ring (bicyclic) bond motifs is 1. The number of H-pyrrole nitrogens is 1. The van der Waals surface area contributed by atoms with Gasteiger partial charge in [0.2, 0.25) is 0 Å². The Hall–Kier alpha value is -4.15. The molecule has 7 nitrogen and oxygen atoms in total. The zero-order chi connectivity index (χ0) is 23.9. The van der Waals surface area contributed by atoms with Crippen LogP contribution in [0.3, 0.4) is 0 Å². The lowest BCUT2D eigenvalue weighted by Crippen LogP contribution is -2.36. The molecular weight excluding hydrogens is 444 g/mol. The molecule has 0 spiro atoms. The van der Waals surface area contributed by atoms with Gasteiger partial charge < -0.3 is 14.9 Å². The number of benzene rings is 2. The van der Waals surface area contributed by atoms with Gasteiger partial charge in [0.15, 0.2) is 0 Å². The number of anilines is 1. The zero-order valence-corrected chi connectivity index (χ0v) is 17.0. The van der Waals surface area contributed by atoms with Crippen LogP contribution in [-0.4, -0.2) is 20.0 Å². The normalized spacial score (nSPS) is 11.7. The number of halogens is 4. The smallest absolute Gasteiger partial charge is 0.344 e. The second kappa shape index (κ2) is 8.08. The number of aromatic amines is 1. The van der Waals surface area contributed by atoms with E-state index in [2.05, 4.69) is 10.3 Å². The predicted molar refractivity (Wildman–Crippen MR) is 113 cm³/mol. The second-order valence-electron chi connectivity index (χ2n) is 7.33. The minimum Gasteiger partial charge on any atom is -0.344 e. The second-order valence-corrected chi connectivity index (χ2v) is 7.33. The summed E-state index contributed by atoms with van der Waals surface area (Å²) >= 11 is 0. The lowest BCUT2D eigenvalue weighted by molar-refractivity contribution is -0.139. The van der Waals surface area contributed by atoms with E-state index in [0.717, 1.165) is 10.6 Å². The van der Waals surface area contributed by atoms with Gasteiger partial charge in [-0.2, -0.15) is 13.2 Å². The summed E-state index contributed by atoms with van der Waals surface area (Å²) in [4.78, 5) is 40.8. The van der Waals surface area contributed by atoms with E-state index >= 15 is 0 Å². The number of rotatable bonds is 4. The van der Waals surface area contributed by atoms with Gasteiger partial charge in [-0.15, -0.1) is 0 Å². The number of alkyl halides is 3. The first-order valence-corrected chi connectivity index (χ1v) is 9.60. The summed E-state index contributed by atoms with van der Waals surface area (Å²) < 4.78 is 54.7. The van der Waals surface area contributed by atoms with Crippen LogP contribution in [0.5, 0.6) is 0 Å². The molecule has 1 amide bonds. The summed E-state index contributed by atoms with van der Waals surface area (Å²) in [7, 11) is 1.49. The standard InChI is InChI=1S/C22H16F4N4O3/c1-29-11-14(19(31)27-13-7-8-16(23)15(9-13)22(24,25)26)17-18(29)20(32)30(21(33)28-17)10-12-5-3-2-4-6-12/h2-9,11H,10H2,1H3,(H,27,31)(H,28,33). The summed E-state index contributed by atoms with van der Waals surface area (Å²) in [5.41, 5.74) is -2.67. The van der Waals surface area contributed by atoms with Crippen LogP contribution >= 0.6 is 0 Å². The quantitative estimate of drug-likeness (QED) is 0.457.